The zero-order valence-electron chi connectivity index (χ0n) is 10.2. The van der Waals surface area contributed by atoms with E-state index in [-0.39, 0.29) is 19.0 Å². The van der Waals surface area contributed by atoms with Gasteiger partial charge in [-0.25, -0.2) is 0 Å². The zero-order valence-corrected chi connectivity index (χ0v) is 11.0. The number of alkyl halides is 3. The van der Waals surface area contributed by atoms with E-state index in [1.54, 1.807) is 0 Å². The van der Waals surface area contributed by atoms with Crippen LogP contribution >= 0.6 is 12.4 Å². The molecular formula is C11H22ClF3N2. The summed E-state index contributed by atoms with van der Waals surface area (Å²) in [5.74, 6) is 0.641. The molecule has 0 unspecified atom stereocenters. The lowest BCUT2D eigenvalue weighted by atomic mass is 9.96. The smallest absolute Gasteiger partial charge is 0.317 e. The molecule has 0 aliphatic carbocycles. The summed E-state index contributed by atoms with van der Waals surface area (Å²) in [6, 6.07) is 0. The summed E-state index contributed by atoms with van der Waals surface area (Å²) in [7, 11) is 0. The van der Waals surface area contributed by atoms with E-state index in [0.717, 1.165) is 39.0 Å². The van der Waals surface area contributed by atoms with Crippen LogP contribution in [0.5, 0.6) is 0 Å². The number of likely N-dealkylation sites (tertiary alicyclic amines) is 1. The summed E-state index contributed by atoms with van der Waals surface area (Å²) in [6.45, 7) is 5.83. The van der Waals surface area contributed by atoms with Crippen molar-refractivity contribution >= 4 is 12.4 Å². The highest BCUT2D eigenvalue weighted by Gasteiger charge is 2.28. The first-order valence-corrected chi connectivity index (χ1v) is 6.01. The summed E-state index contributed by atoms with van der Waals surface area (Å²) < 4.78 is 36.1. The Kier molecular flexibility index (Phi) is 8.16. The summed E-state index contributed by atoms with van der Waals surface area (Å²) in [6.07, 6.45) is -2.65. The minimum Gasteiger partial charge on any atom is -0.317 e. The number of halogens is 4. The second kappa shape index (κ2) is 8.16. The third kappa shape index (κ3) is 7.84. The summed E-state index contributed by atoms with van der Waals surface area (Å²) in [5.41, 5.74) is 0. The molecular weight excluding hydrogens is 253 g/mol. The molecule has 1 aliphatic heterocycles. The van der Waals surface area contributed by atoms with Gasteiger partial charge in [0.05, 0.1) is 6.42 Å². The van der Waals surface area contributed by atoms with Gasteiger partial charge in [0.2, 0.25) is 0 Å². The molecule has 0 amide bonds. The second-order valence-electron chi connectivity index (χ2n) is 4.46. The highest BCUT2D eigenvalue weighted by molar-refractivity contribution is 5.85. The predicted octanol–water partition coefficient (Wildman–Crippen LogP) is 2.68. The minimum absolute atomic E-state index is 0. The zero-order chi connectivity index (χ0) is 12.0. The summed E-state index contributed by atoms with van der Waals surface area (Å²) in [5, 5.41) is 3.29. The van der Waals surface area contributed by atoms with Crippen molar-refractivity contribution in [3.8, 4) is 0 Å². The quantitative estimate of drug-likeness (QED) is 0.829. The molecule has 1 heterocycles. The van der Waals surface area contributed by atoms with E-state index in [2.05, 4.69) is 12.2 Å². The molecule has 2 nitrogen and oxygen atoms in total. The van der Waals surface area contributed by atoms with Crippen LogP contribution in [0.25, 0.3) is 0 Å². The molecule has 0 atom stereocenters. The molecule has 6 heteroatoms. The van der Waals surface area contributed by atoms with Crippen molar-refractivity contribution in [2.45, 2.75) is 32.4 Å². The molecule has 1 fully saturated rings. The fourth-order valence-corrected chi connectivity index (χ4v) is 2.05. The average molecular weight is 275 g/mol. The maximum absolute atomic E-state index is 12.0. The van der Waals surface area contributed by atoms with Gasteiger partial charge in [-0.3, -0.25) is 0 Å². The lowest BCUT2D eigenvalue weighted by molar-refractivity contribution is -0.138. The van der Waals surface area contributed by atoms with E-state index in [1.165, 1.54) is 0 Å². The van der Waals surface area contributed by atoms with Crippen molar-refractivity contribution < 1.29 is 13.2 Å². The molecule has 0 spiro atoms. The molecule has 0 saturated carbocycles. The second-order valence-corrected chi connectivity index (χ2v) is 4.46. The average Bonchev–Trinajstić information content (AvgIpc) is 2.24. The van der Waals surface area contributed by atoms with Crippen LogP contribution in [0.1, 0.15) is 26.2 Å². The van der Waals surface area contributed by atoms with E-state index >= 15 is 0 Å². The predicted molar refractivity (Wildman–Crippen MR) is 65.6 cm³/mol. The van der Waals surface area contributed by atoms with Crippen LogP contribution in [0.15, 0.2) is 0 Å². The first kappa shape index (κ1) is 17.0. The van der Waals surface area contributed by atoms with Gasteiger partial charge in [0.15, 0.2) is 0 Å². The number of nitrogens with one attached hydrogen (secondary N) is 1. The molecule has 1 saturated heterocycles. The van der Waals surface area contributed by atoms with Crippen LogP contribution in [0.3, 0.4) is 0 Å². The van der Waals surface area contributed by atoms with Crippen LogP contribution in [0.4, 0.5) is 13.2 Å². The minimum atomic E-state index is -4.01. The normalized spacial score (nSPS) is 19.1. The fourth-order valence-electron chi connectivity index (χ4n) is 2.05. The van der Waals surface area contributed by atoms with E-state index in [9.17, 15) is 13.2 Å². The SMILES string of the molecule is CCNCC1CCN(CCC(F)(F)F)CC1.Cl. The number of nitrogens with zero attached hydrogens (tertiary/aromatic N) is 1. The standard InChI is InChI=1S/C11H21F3N2.ClH/c1-2-15-9-10-3-6-16(7-4-10)8-5-11(12,13)14;/h10,15H,2-9H2,1H3;1H. The van der Waals surface area contributed by atoms with E-state index < -0.39 is 12.6 Å². The Balaban J connectivity index is 0.00000256. The highest BCUT2D eigenvalue weighted by atomic mass is 35.5. The van der Waals surface area contributed by atoms with Crippen molar-refractivity contribution in [3.63, 3.8) is 0 Å². The molecule has 0 radical (unpaired) electrons. The molecule has 0 bridgehead atoms. The molecule has 1 N–H and O–H groups in total. The van der Waals surface area contributed by atoms with Crippen molar-refractivity contribution in [2.24, 2.45) is 5.92 Å². The van der Waals surface area contributed by atoms with Crippen molar-refractivity contribution in [2.75, 3.05) is 32.7 Å². The Morgan fingerprint density at radius 2 is 1.82 bits per heavy atom. The van der Waals surface area contributed by atoms with Gasteiger partial charge in [-0.05, 0) is 44.9 Å². The molecule has 104 valence electrons. The van der Waals surface area contributed by atoms with E-state index in [1.807, 2.05) is 4.90 Å². The Labute approximate surface area is 107 Å². The summed E-state index contributed by atoms with van der Waals surface area (Å²) in [4.78, 5) is 1.93. The maximum Gasteiger partial charge on any atom is 0.390 e. The Hall–Kier alpha value is -0.0000000000000000555. The fraction of sp³-hybridized carbons (Fsp3) is 1.00. The van der Waals surface area contributed by atoms with Gasteiger partial charge in [0.1, 0.15) is 0 Å². The lowest BCUT2D eigenvalue weighted by Crippen LogP contribution is -2.38. The van der Waals surface area contributed by atoms with Gasteiger partial charge >= 0.3 is 6.18 Å². The monoisotopic (exact) mass is 274 g/mol. The highest BCUT2D eigenvalue weighted by Crippen LogP contribution is 2.22. The Bertz CT molecular complexity index is 192. The molecule has 1 aliphatic rings. The number of rotatable bonds is 5. The Morgan fingerprint density at radius 3 is 2.29 bits per heavy atom. The molecule has 1 rings (SSSR count). The number of hydrogen-bond acceptors (Lipinski definition) is 2. The third-order valence-electron chi connectivity index (χ3n) is 3.10. The third-order valence-corrected chi connectivity index (χ3v) is 3.10. The van der Waals surface area contributed by atoms with Gasteiger partial charge in [-0.2, -0.15) is 13.2 Å². The van der Waals surface area contributed by atoms with Gasteiger partial charge in [-0.15, -0.1) is 12.4 Å². The largest absolute Gasteiger partial charge is 0.390 e. The Morgan fingerprint density at radius 1 is 1.24 bits per heavy atom. The first-order valence-electron chi connectivity index (χ1n) is 6.01. The van der Waals surface area contributed by atoms with Gasteiger partial charge in [0.25, 0.3) is 0 Å². The molecule has 0 aromatic heterocycles. The molecule has 17 heavy (non-hydrogen) atoms. The van der Waals surface area contributed by atoms with Crippen LogP contribution in [-0.2, 0) is 0 Å². The molecule has 0 aromatic carbocycles. The van der Waals surface area contributed by atoms with Crippen LogP contribution < -0.4 is 5.32 Å². The maximum atomic E-state index is 12.0. The topological polar surface area (TPSA) is 15.3 Å². The van der Waals surface area contributed by atoms with Crippen LogP contribution in [0.2, 0.25) is 0 Å². The van der Waals surface area contributed by atoms with E-state index in [4.69, 9.17) is 0 Å². The van der Waals surface area contributed by atoms with E-state index in [0.29, 0.717) is 5.92 Å². The van der Waals surface area contributed by atoms with Crippen molar-refractivity contribution in [1.82, 2.24) is 10.2 Å². The van der Waals surface area contributed by atoms with Gasteiger partial charge < -0.3 is 10.2 Å². The number of piperidine rings is 1. The van der Waals surface area contributed by atoms with Crippen molar-refractivity contribution in [1.29, 1.82) is 0 Å². The van der Waals surface area contributed by atoms with Crippen molar-refractivity contribution in [3.05, 3.63) is 0 Å². The molecule has 0 aromatic rings. The first-order chi connectivity index (χ1) is 7.51. The van der Waals surface area contributed by atoms with Gasteiger partial charge in [-0.1, -0.05) is 6.92 Å². The lowest BCUT2D eigenvalue weighted by Gasteiger charge is -2.32. The van der Waals surface area contributed by atoms with Gasteiger partial charge in [0, 0.05) is 6.54 Å². The number of hydrogen-bond donors (Lipinski definition) is 1. The van der Waals surface area contributed by atoms with Crippen LogP contribution in [-0.4, -0.2) is 43.8 Å². The summed E-state index contributed by atoms with van der Waals surface area (Å²) >= 11 is 0. The van der Waals surface area contributed by atoms with Crippen LogP contribution in [0, 0.1) is 5.92 Å².